The Labute approximate surface area is 131 Å². The van der Waals surface area contributed by atoms with Gasteiger partial charge in [0.05, 0.1) is 12.2 Å². The summed E-state index contributed by atoms with van der Waals surface area (Å²) in [5.74, 6) is 0.747. The molecule has 1 unspecified atom stereocenters. The molecule has 1 amide bonds. The second-order valence-corrected chi connectivity index (χ2v) is 6.40. The second kappa shape index (κ2) is 8.41. The molecule has 1 aliphatic rings. The van der Waals surface area contributed by atoms with Crippen molar-refractivity contribution in [3.05, 3.63) is 24.3 Å². The minimum absolute atomic E-state index is 0.0848. The SMILES string of the molecule is CNCC1CCCN(CC(=O)Nc2ccccc2SC)C1. The lowest BCUT2D eigenvalue weighted by Gasteiger charge is -2.32. The molecule has 0 bridgehead atoms. The largest absolute Gasteiger partial charge is 0.324 e. The molecule has 0 radical (unpaired) electrons. The van der Waals surface area contributed by atoms with Crippen molar-refractivity contribution in [1.29, 1.82) is 0 Å². The summed E-state index contributed by atoms with van der Waals surface area (Å²) in [6.45, 7) is 3.56. The van der Waals surface area contributed by atoms with Crippen molar-refractivity contribution in [2.24, 2.45) is 5.92 Å². The third-order valence-corrected chi connectivity index (χ3v) is 4.64. The highest BCUT2D eigenvalue weighted by molar-refractivity contribution is 7.98. The van der Waals surface area contributed by atoms with Crippen LogP contribution in [0.3, 0.4) is 0 Å². The number of benzene rings is 1. The molecule has 2 rings (SSSR count). The maximum atomic E-state index is 12.2. The summed E-state index contributed by atoms with van der Waals surface area (Å²) in [5.41, 5.74) is 0.916. The number of hydrogen-bond donors (Lipinski definition) is 2. The van der Waals surface area contributed by atoms with Gasteiger partial charge in [-0.05, 0) is 57.3 Å². The highest BCUT2D eigenvalue weighted by Crippen LogP contribution is 2.24. The molecule has 0 aliphatic carbocycles. The van der Waals surface area contributed by atoms with Gasteiger partial charge in [0.1, 0.15) is 0 Å². The average molecular weight is 307 g/mol. The Balaban J connectivity index is 1.86. The Morgan fingerprint density at radius 3 is 3.00 bits per heavy atom. The minimum Gasteiger partial charge on any atom is -0.324 e. The number of anilines is 1. The van der Waals surface area contributed by atoms with Gasteiger partial charge < -0.3 is 10.6 Å². The number of thioether (sulfide) groups is 1. The Bertz CT molecular complexity index is 465. The van der Waals surface area contributed by atoms with Gasteiger partial charge >= 0.3 is 0 Å². The van der Waals surface area contributed by atoms with Gasteiger partial charge in [-0.1, -0.05) is 12.1 Å². The molecule has 1 heterocycles. The molecule has 0 saturated carbocycles. The number of para-hydroxylation sites is 1. The van der Waals surface area contributed by atoms with Crippen molar-refractivity contribution in [3.8, 4) is 0 Å². The number of nitrogens with one attached hydrogen (secondary N) is 2. The zero-order chi connectivity index (χ0) is 15.1. The number of piperidine rings is 1. The fourth-order valence-corrected chi connectivity index (χ4v) is 3.44. The summed E-state index contributed by atoms with van der Waals surface area (Å²) < 4.78 is 0. The Morgan fingerprint density at radius 2 is 2.24 bits per heavy atom. The van der Waals surface area contributed by atoms with Gasteiger partial charge in [-0.15, -0.1) is 11.8 Å². The molecule has 21 heavy (non-hydrogen) atoms. The first-order valence-corrected chi connectivity index (χ1v) is 8.75. The molecule has 0 aromatic heterocycles. The third kappa shape index (κ3) is 5.02. The van der Waals surface area contributed by atoms with E-state index in [0.29, 0.717) is 12.5 Å². The predicted molar refractivity (Wildman–Crippen MR) is 89.9 cm³/mol. The van der Waals surface area contributed by atoms with E-state index in [1.54, 1.807) is 11.8 Å². The van der Waals surface area contributed by atoms with Gasteiger partial charge in [0.25, 0.3) is 0 Å². The normalized spacial score (nSPS) is 19.4. The lowest BCUT2D eigenvalue weighted by atomic mass is 9.98. The fourth-order valence-electron chi connectivity index (χ4n) is 2.89. The smallest absolute Gasteiger partial charge is 0.238 e. The number of carbonyl (C=O) groups excluding carboxylic acids is 1. The molecule has 0 spiro atoms. The minimum atomic E-state index is 0.0848. The van der Waals surface area contributed by atoms with Crippen LogP contribution in [0.4, 0.5) is 5.69 Å². The zero-order valence-corrected chi connectivity index (χ0v) is 13.7. The standard InChI is InChI=1S/C16H25N3OS/c1-17-10-13-6-5-9-19(11-13)12-16(20)18-14-7-3-4-8-15(14)21-2/h3-4,7-8,13,17H,5-6,9-12H2,1-2H3,(H,18,20). The lowest BCUT2D eigenvalue weighted by molar-refractivity contribution is -0.117. The van der Waals surface area contributed by atoms with E-state index in [2.05, 4.69) is 15.5 Å². The van der Waals surface area contributed by atoms with E-state index >= 15 is 0 Å². The molecular formula is C16H25N3OS. The van der Waals surface area contributed by atoms with Crippen LogP contribution in [0.2, 0.25) is 0 Å². The fraction of sp³-hybridized carbons (Fsp3) is 0.562. The van der Waals surface area contributed by atoms with Crippen molar-refractivity contribution in [1.82, 2.24) is 10.2 Å². The van der Waals surface area contributed by atoms with Crippen molar-refractivity contribution < 1.29 is 4.79 Å². The number of amides is 1. The summed E-state index contributed by atoms with van der Waals surface area (Å²) in [4.78, 5) is 15.6. The third-order valence-electron chi connectivity index (χ3n) is 3.84. The molecule has 1 aliphatic heterocycles. The van der Waals surface area contributed by atoms with Gasteiger partial charge in [-0.2, -0.15) is 0 Å². The molecule has 1 aromatic rings. The van der Waals surface area contributed by atoms with E-state index in [1.807, 2.05) is 37.6 Å². The maximum Gasteiger partial charge on any atom is 0.238 e. The van der Waals surface area contributed by atoms with Crippen molar-refractivity contribution >= 4 is 23.4 Å². The highest BCUT2D eigenvalue weighted by Gasteiger charge is 2.21. The van der Waals surface area contributed by atoms with Crippen LogP contribution < -0.4 is 10.6 Å². The maximum absolute atomic E-state index is 12.2. The van der Waals surface area contributed by atoms with Crippen molar-refractivity contribution in [2.45, 2.75) is 17.7 Å². The van der Waals surface area contributed by atoms with Gasteiger partial charge in [0, 0.05) is 11.4 Å². The average Bonchev–Trinajstić information content (AvgIpc) is 2.48. The molecule has 1 aromatic carbocycles. The first-order chi connectivity index (χ1) is 10.2. The van der Waals surface area contributed by atoms with Crippen LogP contribution >= 0.6 is 11.8 Å². The highest BCUT2D eigenvalue weighted by atomic mass is 32.2. The van der Waals surface area contributed by atoms with Crippen molar-refractivity contribution in [3.63, 3.8) is 0 Å². The molecule has 2 N–H and O–H groups in total. The molecule has 116 valence electrons. The lowest BCUT2D eigenvalue weighted by Crippen LogP contribution is -2.42. The molecule has 1 atom stereocenters. The second-order valence-electron chi connectivity index (χ2n) is 5.55. The topological polar surface area (TPSA) is 44.4 Å². The molecule has 1 saturated heterocycles. The molecule has 5 heteroatoms. The Morgan fingerprint density at radius 1 is 1.43 bits per heavy atom. The van der Waals surface area contributed by atoms with Crippen LogP contribution in [0.5, 0.6) is 0 Å². The van der Waals surface area contributed by atoms with Gasteiger partial charge in [0.15, 0.2) is 0 Å². The molecular weight excluding hydrogens is 282 g/mol. The van der Waals surface area contributed by atoms with Crippen molar-refractivity contribution in [2.75, 3.05) is 44.8 Å². The van der Waals surface area contributed by atoms with Gasteiger partial charge in [-0.25, -0.2) is 0 Å². The quantitative estimate of drug-likeness (QED) is 0.792. The van der Waals surface area contributed by atoms with Gasteiger partial charge in [-0.3, -0.25) is 9.69 Å². The summed E-state index contributed by atoms with van der Waals surface area (Å²) in [7, 11) is 1.99. The van der Waals surface area contributed by atoms with Crippen LogP contribution in [-0.2, 0) is 4.79 Å². The summed E-state index contributed by atoms with van der Waals surface area (Å²) in [6, 6.07) is 7.95. The van der Waals surface area contributed by atoms with Crippen LogP contribution in [0.1, 0.15) is 12.8 Å². The summed E-state index contributed by atoms with van der Waals surface area (Å²) >= 11 is 1.65. The van der Waals surface area contributed by atoms with Crippen LogP contribution in [0.15, 0.2) is 29.2 Å². The van der Waals surface area contributed by atoms with E-state index in [-0.39, 0.29) is 5.91 Å². The van der Waals surface area contributed by atoms with E-state index < -0.39 is 0 Å². The summed E-state index contributed by atoms with van der Waals surface area (Å²) in [6.07, 6.45) is 4.47. The molecule has 1 fully saturated rings. The first kappa shape index (κ1) is 16.3. The number of nitrogens with zero attached hydrogens (tertiary/aromatic N) is 1. The number of hydrogen-bond acceptors (Lipinski definition) is 4. The van der Waals surface area contributed by atoms with E-state index in [9.17, 15) is 4.79 Å². The Kier molecular flexibility index (Phi) is 6.54. The number of likely N-dealkylation sites (tertiary alicyclic amines) is 1. The predicted octanol–water partition coefficient (Wildman–Crippen LogP) is 2.28. The summed E-state index contributed by atoms with van der Waals surface area (Å²) in [5, 5.41) is 6.27. The van der Waals surface area contributed by atoms with E-state index in [0.717, 1.165) is 30.2 Å². The zero-order valence-electron chi connectivity index (χ0n) is 12.9. The number of carbonyl (C=O) groups is 1. The van der Waals surface area contributed by atoms with E-state index in [1.165, 1.54) is 12.8 Å². The van der Waals surface area contributed by atoms with Crippen LogP contribution in [0.25, 0.3) is 0 Å². The monoisotopic (exact) mass is 307 g/mol. The number of rotatable bonds is 6. The van der Waals surface area contributed by atoms with Gasteiger partial charge in [0.2, 0.25) is 5.91 Å². The van der Waals surface area contributed by atoms with E-state index in [4.69, 9.17) is 0 Å². The Hall–Kier alpha value is -1.04. The van der Waals surface area contributed by atoms with Crippen LogP contribution in [-0.4, -0.2) is 50.3 Å². The first-order valence-electron chi connectivity index (χ1n) is 7.52. The molecule has 4 nitrogen and oxygen atoms in total. The van der Waals surface area contributed by atoms with Crippen LogP contribution in [0, 0.1) is 5.92 Å².